The van der Waals surface area contributed by atoms with Crippen molar-refractivity contribution in [2.75, 3.05) is 7.05 Å². The number of primary amides is 1. The Kier molecular flexibility index (Phi) is 3.08. The standard InChI is InChI=1S/C7H9ClN2OS/c1-10-6(7(9)11)4-2-3-5(8)12-4/h2-3,6,10H,1H3,(H2,9,11). The number of hydrogen-bond donors (Lipinski definition) is 2. The minimum atomic E-state index is -0.428. The molecular formula is C7H9ClN2OS. The number of halogens is 1. The zero-order valence-corrected chi connectivity index (χ0v) is 8.08. The van der Waals surface area contributed by atoms with Gasteiger partial charge in [0.25, 0.3) is 0 Å². The molecule has 0 aliphatic heterocycles. The lowest BCUT2D eigenvalue weighted by Crippen LogP contribution is -2.30. The van der Waals surface area contributed by atoms with Crippen LogP contribution >= 0.6 is 22.9 Å². The Morgan fingerprint density at radius 2 is 2.42 bits per heavy atom. The summed E-state index contributed by atoms with van der Waals surface area (Å²) < 4.78 is 0.659. The van der Waals surface area contributed by atoms with E-state index in [1.54, 1.807) is 19.2 Å². The second-order valence-electron chi connectivity index (χ2n) is 2.27. The van der Waals surface area contributed by atoms with Gasteiger partial charge in [-0.1, -0.05) is 11.6 Å². The molecule has 0 saturated heterocycles. The molecule has 0 bridgehead atoms. The lowest BCUT2D eigenvalue weighted by Gasteiger charge is -2.08. The fourth-order valence-electron chi connectivity index (χ4n) is 0.908. The van der Waals surface area contributed by atoms with Crippen LogP contribution in [0.2, 0.25) is 4.34 Å². The molecule has 0 spiro atoms. The minimum absolute atomic E-state index is 0.393. The number of carbonyl (C=O) groups is 1. The number of carbonyl (C=O) groups excluding carboxylic acids is 1. The topological polar surface area (TPSA) is 55.1 Å². The molecule has 1 unspecified atom stereocenters. The number of nitrogens with two attached hydrogens (primary N) is 1. The van der Waals surface area contributed by atoms with E-state index >= 15 is 0 Å². The number of nitrogens with one attached hydrogen (secondary N) is 1. The number of likely N-dealkylation sites (N-methyl/N-ethyl adjacent to an activating group) is 1. The zero-order chi connectivity index (χ0) is 9.14. The molecule has 1 amide bonds. The molecule has 0 radical (unpaired) electrons. The monoisotopic (exact) mass is 204 g/mol. The first kappa shape index (κ1) is 9.51. The van der Waals surface area contributed by atoms with E-state index in [0.29, 0.717) is 4.34 Å². The summed E-state index contributed by atoms with van der Waals surface area (Å²) in [5, 5.41) is 2.81. The largest absolute Gasteiger partial charge is 0.368 e. The van der Waals surface area contributed by atoms with Crippen molar-refractivity contribution >= 4 is 28.8 Å². The van der Waals surface area contributed by atoms with Crippen LogP contribution in [0.25, 0.3) is 0 Å². The van der Waals surface area contributed by atoms with E-state index in [9.17, 15) is 4.79 Å². The minimum Gasteiger partial charge on any atom is -0.368 e. The summed E-state index contributed by atoms with van der Waals surface area (Å²) in [4.78, 5) is 11.7. The highest BCUT2D eigenvalue weighted by molar-refractivity contribution is 7.16. The van der Waals surface area contributed by atoms with E-state index in [1.165, 1.54) is 11.3 Å². The zero-order valence-electron chi connectivity index (χ0n) is 6.50. The molecule has 0 aliphatic carbocycles. The predicted molar refractivity (Wildman–Crippen MR) is 50.3 cm³/mol. The summed E-state index contributed by atoms with van der Waals surface area (Å²) in [7, 11) is 1.68. The van der Waals surface area contributed by atoms with Crippen molar-refractivity contribution in [2.45, 2.75) is 6.04 Å². The molecule has 1 atom stereocenters. The smallest absolute Gasteiger partial charge is 0.239 e. The summed E-state index contributed by atoms with van der Waals surface area (Å²) in [6.07, 6.45) is 0. The summed E-state index contributed by atoms with van der Waals surface area (Å²) in [6.45, 7) is 0. The van der Waals surface area contributed by atoms with E-state index in [2.05, 4.69) is 5.32 Å². The average molecular weight is 205 g/mol. The van der Waals surface area contributed by atoms with Gasteiger partial charge in [0.2, 0.25) is 5.91 Å². The second-order valence-corrected chi connectivity index (χ2v) is 4.01. The van der Waals surface area contributed by atoms with Gasteiger partial charge in [-0.05, 0) is 19.2 Å². The third-order valence-corrected chi connectivity index (χ3v) is 2.75. The van der Waals surface area contributed by atoms with Crippen LogP contribution in [-0.2, 0) is 4.79 Å². The molecule has 66 valence electrons. The van der Waals surface area contributed by atoms with Gasteiger partial charge >= 0.3 is 0 Å². The number of thiophene rings is 1. The molecule has 0 aromatic carbocycles. The molecule has 5 heteroatoms. The van der Waals surface area contributed by atoms with Gasteiger partial charge in [0, 0.05) is 4.88 Å². The highest BCUT2D eigenvalue weighted by Gasteiger charge is 2.16. The maximum atomic E-state index is 10.9. The third kappa shape index (κ3) is 1.97. The van der Waals surface area contributed by atoms with Gasteiger partial charge in [-0.2, -0.15) is 0 Å². The fraction of sp³-hybridized carbons (Fsp3) is 0.286. The Hall–Kier alpha value is -0.580. The molecule has 1 heterocycles. The SMILES string of the molecule is CNC(C(N)=O)c1ccc(Cl)s1. The Labute approximate surface area is 79.5 Å². The van der Waals surface area contributed by atoms with E-state index < -0.39 is 11.9 Å². The van der Waals surface area contributed by atoms with Crippen molar-refractivity contribution in [3.63, 3.8) is 0 Å². The quantitative estimate of drug-likeness (QED) is 0.776. The van der Waals surface area contributed by atoms with Crippen molar-refractivity contribution in [3.05, 3.63) is 21.3 Å². The third-order valence-electron chi connectivity index (χ3n) is 1.45. The van der Waals surface area contributed by atoms with Gasteiger partial charge in [0.15, 0.2) is 0 Å². The van der Waals surface area contributed by atoms with Crippen molar-refractivity contribution in [3.8, 4) is 0 Å². The maximum Gasteiger partial charge on any atom is 0.239 e. The van der Waals surface area contributed by atoms with Crippen molar-refractivity contribution < 1.29 is 4.79 Å². The number of amides is 1. The van der Waals surface area contributed by atoms with Crippen LogP contribution in [0, 0.1) is 0 Å². The fourth-order valence-corrected chi connectivity index (χ4v) is 2.09. The molecule has 0 aliphatic rings. The highest BCUT2D eigenvalue weighted by Crippen LogP contribution is 2.26. The molecule has 3 N–H and O–H groups in total. The molecule has 1 aromatic rings. The van der Waals surface area contributed by atoms with Crippen LogP contribution < -0.4 is 11.1 Å². The molecular weight excluding hydrogens is 196 g/mol. The van der Waals surface area contributed by atoms with Gasteiger partial charge < -0.3 is 11.1 Å². The van der Waals surface area contributed by atoms with Crippen molar-refractivity contribution in [1.29, 1.82) is 0 Å². The Morgan fingerprint density at radius 3 is 2.75 bits per heavy atom. The summed E-state index contributed by atoms with van der Waals surface area (Å²) >= 11 is 7.06. The second kappa shape index (κ2) is 3.89. The Balaban J connectivity index is 2.87. The summed E-state index contributed by atoms with van der Waals surface area (Å²) in [5.74, 6) is -0.393. The van der Waals surface area contributed by atoms with Crippen LogP contribution in [0.15, 0.2) is 12.1 Å². The molecule has 12 heavy (non-hydrogen) atoms. The molecule has 0 fully saturated rings. The van der Waals surface area contributed by atoms with Crippen LogP contribution in [0.1, 0.15) is 10.9 Å². The molecule has 1 aromatic heterocycles. The van der Waals surface area contributed by atoms with Gasteiger partial charge in [-0.25, -0.2) is 0 Å². The van der Waals surface area contributed by atoms with Crippen LogP contribution in [0.3, 0.4) is 0 Å². The van der Waals surface area contributed by atoms with Crippen LogP contribution in [0.5, 0.6) is 0 Å². The normalized spacial score (nSPS) is 12.8. The van der Waals surface area contributed by atoms with Crippen LogP contribution in [0.4, 0.5) is 0 Å². The van der Waals surface area contributed by atoms with Gasteiger partial charge in [-0.3, -0.25) is 4.79 Å². The van der Waals surface area contributed by atoms with Gasteiger partial charge in [-0.15, -0.1) is 11.3 Å². The first-order valence-electron chi connectivity index (χ1n) is 3.37. The van der Waals surface area contributed by atoms with E-state index in [1.807, 2.05) is 0 Å². The summed E-state index contributed by atoms with van der Waals surface area (Å²) in [6, 6.07) is 3.11. The van der Waals surface area contributed by atoms with E-state index in [-0.39, 0.29) is 0 Å². The lowest BCUT2D eigenvalue weighted by atomic mass is 10.2. The highest BCUT2D eigenvalue weighted by atomic mass is 35.5. The molecule has 0 saturated carbocycles. The van der Waals surface area contributed by atoms with E-state index in [4.69, 9.17) is 17.3 Å². The Morgan fingerprint density at radius 1 is 1.75 bits per heavy atom. The first-order valence-corrected chi connectivity index (χ1v) is 4.56. The maximum absolute atomic E-state index is 10.9. The van der Waals surface area contributed by atoms with Gasteiger partial charge in [0.1, 0.15) is 6.04 Å². The first-order chi connectivity index (χ1) is 5.65. The molecule has 1 rings (SSSR count). The predicted octanol–water partition coefficient (Wildman–Crippen LogP) is 1.15. The molecule has 3 nitrogen and oxygen atoms in total. The summed E-state index contributed by atoms with van der Waals surface area (Å²) in [5.41, 5.74) is 5.15. The van der Waals surface area contributed by atoms with E-state index in [0.717, 1.165) is 4.88 Å². The Bertz CT molecular complexity index is 287. The van der Waals surface area contributed by atoms with Crippen molar-refractivity contribution in [2.24, 2.45) is 5.73 Å². The van der Waals surface area contributed by atoms with Gasteiger partial charge in [0.05, 0.1) is 4.34 Å². The lowest BCUT2D eigenvalue weighted by molar-refractivity contribution is -0.119. The van der Waals surface area contributed by atoms with Crippen molar-refractivity contribution in [1.82, 2.24) is 5.32 Å². The van der Waals surface area contributed by atoms with Crippen LogP contribution in [-0.4, -0.2) is 13.0 Å². The number of hydrogen-bond acceptors (Lipinski definition) is 3. The number of rotatable bonds is 3. The average Bonchev–Trinajstić information content (AvgIpc) is 2.37.